The summed E-state index contributed by atoms with van der Waals surface area (Å²) in [5.74, 6) is 2.01. The minimum atomic E-state index is 0.155. The Morgan fingerprint density at radius 3 is 2.69 bits per heavy atom. The van der Waals surface area contributed by atoms with Gasteiger partial charge in [-0.05, 0) is 19.1 Å². The Balaban J connectivity index is 1.86. The summed E-state index contributed by atoms with van der Waals surface area (Å²) in [6.45, 7) is 6.50. The number of ether oxygens (including phenoxy) is 1. The third kappa shape index (κ3) is 3.33. The molecular weight excluding hydrogens is 204 g/mol. The van der Waals surface area contributed by atoms with Crippen LogP contribution >= 0.6 is 0 Å². The fourth-order valence-corrected chi connectivity index (χ4v) is 1.91. The lowest BCUT2D eigenvalue weighted by Gasteiger charge is -2.25. The molecule has 0 aliphatic carbocycles. The molecule has 1 aromatic rings. The molecule has 1 unspecified atom stereocenters. The van der Waals surface area contributed by atoms with Gasteiger partial charge >= 0.3 is 0 Å². The van der Waals surface area contributed by atoms with Crippen molar-refractivity contribution in [2.24, 2.45) is 5.73 Å². The van der Waals surface area contributed by atoms with Crippen molar-refractivity contribution in [3.05, 3.63) is 23.7 Å². The summed E-state index contributed by atoms with van der Waals surface area (Å²) in [5, 5.41) is 0. The summed E-state index contributed by atoms with van der Waals surface area (Å²) < 4.78 is 11.0. The predicted octanol–water partition coefficient (Wildman–Crippen LogP) is 1.00. The Morgan fingerprint density at radius 2 is 2.00 bits per heavy atom. The molecular formula is C12H20N2O2. The Morgan fingerprint density at radius 1 is 1.31 bits per heavy atom. The zero-order valence-electron chi connectivity index (χ0n) is 9.82. The van der Waals surface area contributed by atoms with E-state index in [2.05, 4.69) is 4.90 Å². The van der Waals surface area contributed by atoms with Gasteiger partial charge in [0, 0.05) is 25.6 Å². The summed E-state index contributed by atoms with van der Waals surface area (Å²) in [5.41, 5.74) is 5.73. The fourth-order valence-electron chi connectivity index (χ4n) is 1.91. The van der Waals surface area contributed by atoms with E-state index >= 15 is 0 Å². The van der Waals surface area contributed by atoms with Crippen LogP contribution in [0.25, 0.3) is 0 Å². The first-order valence-corrected chi connectivity index (χ1v) is 5.87. The van der Waals surface area contributed by atoms with Crippen molar-refractivity contribution in [1.29, 1.82) is 0 Å². The van der Waals surface area contributed by atoms with Crippen LogP contribution in [0.1, 0.15) is 18.4 Å². The van der Waals surface area contributed by atoms with Crippen LogP contribution in [-0.4, -0.2) is 37.2 Å². The highest BCUT2D eigenvalue weighted by Crippen LogP contribution is 2.12. The molecule has 0 spiro atoms. The minimum absolute atomic E-state index is 0.155. The molecule has 0 saturated carbocycles. The average molecular weight is 224 g/mol. The Kier molecular flexibility index (Phi) is 3.98. The third-order valence-corrected chi connectivity index (χ3v) is 2.72. The van der Waals surface area contributed by atoms with Crippen molar-refractivity contribution in [1.82, 2.24) is 4.90 Å². The van der Waals surface area contributed by atoms with Gasteiger partial charge in [0.2, 0.25) is 0 Å². The number of nitrogens with zero attached hydrogens (tertiary/aromatic N) is 1. The molecule has 1 saturated heterocycles. The van der Waals surface area contributed by atoms with Crippen molar-refractivity contribution in [2.75, 3.05) is 26.3 Å². The molecule has 2 heterocycles. The zero-order valence-corrected chi connectivity index (χ0v) is 9.82. The van der Waals surface area contributed by atoms with Crippen LogP contribution < -0.4 is 5.73 Å². The molecule has 1 atom stereocenters. The van der Waals surface area contributed by atoms with Crippen molar-refractivity contribution in [3.8, 4) is 0 Å². The van der Waals surface area contributed by atoms with Crippen LogP contribution in [0.3, 0.4) is 0 Å². The minimum Gasteiger partial charge on any atom is -0.465 e. The smallest absolute Gasteiger partial charge is 0.118 e. The average Bonchev–Trinajstić information content (AvgIpc) is 2.66. The van der Waals surface area contributed by atoms with Gasteiger partial charge in [0.05, 0.1) is 19.8 Å². The number of morpholine rings is 1. The molecule has 4 nitrogen and oxygen atoms in total. The van der Waals surface area contributed by atoms with E-state index in [1.54, 1.807) is 0 Å². The van der Waals surface area contributed by atoms with E-state index < -0.39 is 0 Å². The summed E-state index contributed by atoms with van der Waals surface area (Å²) in [7, 11) is 0. The molecule has 0 aromatic carbocycles. The molecule has 1 aromatic heterocycles. The van der Waals surface area contributed by atoms with Crippen LogP contribution in [0.15, 0.2) is 16.5 Å². The first kappa shape index (κ1) is 11.6. The van der Waals surface area contributed by atoms with Crippen LogP contribution in [0.5, 0.6) is 0 Å². The number of rotatable bonds is 4. The van der Waals surface area contributed by atoms with Gasteiger partial charge in [-0.15, -0.1) is 0 Å². The lowest BCUT2D eigenvalue weighted by molar-refractivity contribution is 0.0312. The first-order valence-electron chi connectivity index (χ1n) is 5.87. The van der Waals surface area contributed by atoms with E-state index in [4.69, 9.17) is 14.9 Å². The number of furan rings is 1. The maximum Gasteiger partial charge on any atom is 0.118 e. The summed E-state index contributed by atoms with van der Waals surface area (Å²) in [6.07, 6.45) is 0.809. The molecule has 1 aliphatic rings. The SMILES string of the molecule is CC(N)Cc1ccc(CN2CCOCC2)o1. The molecule has 4 heteroatoms. The normalized spacial score (nSPS) is 19.9. The summed E-state index contributed by atoms with van der Waals surface area (Å²) in [6, 6.07) is 4.23. The monoisotopic (exact) mass is 224 g/mol. The van der Waals surface area contributed by atoms with Crippen LogP contribution in [-0.2, 0) is 17.7 Å². The topological polar surface area (TPSA) is 51.6 Å². The fraction of sp³-hybridized carbons (Fsp3) is 0.667. The van der Waals surface area contributed by atoms with Gasteiger partial charge in [-0.25, -0.2) is 0 Å². The van der Waals surface area contributed by atoms with Gasteiger partial charge in [0.15, 0.2) is 0 Å². The quantitative estimate of drug-likeness (QED) is 0.829. The lowest BCUT2D eigenvalue weighted by atomic mass is 10.2. The lowest BCUT2D eigenvalue weighted by Crippen LogP contribution is -2.35. The van der Waals surface area contributed by atoms with Gasteiger partial charge in [0.25, 0.3) is 0 Å². The highest BCUT2D eigenvalue weighted by Gasteiger charge is 2.13. The van der Waals surface area contributed by atoms with E-state index in [-0.39, 0.29) is 6.04 Å². The number of hydrogen-bond donors (Lipinski definition) is 1. The molecule has 1 aliphatic heterocycles. The standard InChI is InChI=1S/C12H20N2O2/c1-10(13)8-11-2-3-12(16-11)9-14-4-6-15-7-5-14/h2-3,10H,4-9,13H2,1H3. The number of nitrogens with two attached hydrogens (primary N) is 1. The van der Waals surface area contributed by atoms with E-state index in [1.165, 1.54) is 0 Å². The maximum absolute atomic E-state index is 5.73. The molecule has 0 radical (unpaired) electrons. The molecule has 1 fully saturated rings. The second-order valence-corrected chi connectivity index (χ2v) is 4.44. The maximum atomic E-state index is 5.73. The van der Waals surface area contributed by atoms with Gasteiger partial charge in [-0.2, -0.15) is 0 Å². The summed E-state index contributed by atoms with van der Waals surface area (Å²) >= 11 is 0. The second-order valence-electron chi connectivity index (χ2n) is 4.44. The molecule has 0 amide bonds. The van der Waals surface area contributed by atoms with E-state index in [1.807, 2.05) is 19.1 Å². The second kappa shape index (κ2) is 5.48. The van der Waals surface area contributed by atoms with Gasteiger partial charge in [0.1, 0.15) is 11.5 Å². The third-order valence-electron chi connectivity index (χ3n) is 2.72. The molecule has 16 heavy (non-hydrogen) atoms. The van der Waals surface area contributed by atoms with E-state index in [9.17, 15) is 0 Å². The van der Waals surface area contributed by atoms with Gasteiger partial charge in [-0.3, -0.25) is 4.90 Å². The Bertz CT molecular complexity index is 317. The van der Waals surface area contributed by atoms with Crippen molar-refractivity contribution >= 4 is 0 Å². The highest BCUT2D eigenvalue weighted by molar-refractivity contribution is 5.08. The van der Waals surface area contributed by atoms with Crippen LogP contribution in [0.4, 0.5) is 0 Å². The number of hydrogen-bond acceptors (Lipinski definition) is 4. The zero-order chi connectivity index (χ0) is 11.4. The van der Waals surface area contributed by atoms with Crippen molar-refractivity contribution < 1.29 is 9.15 Å². The molecule has 2 rings (SSSR count). The Labute approximate surface area is 96.4 Å². The molecule has 90 valence electrons. The van der Waals surface area contributed by atoms with Crippen LogP contribution in [0, 0.1) is 0 Å². The Hall–Kier alpha value is -0.840. The first-order chi connectivity index (χ1) is 7.74. The summed E-state index contributed by atoms with van der Waals surface area (Å²) in [4.78, 5) is 2.35. The largest absolute Gasteiger partial charge is 0.465 e. The molecule has 2 N–H and O–H groups in total. The highest BCUT2D eigenvalue weighted by atomic mass is 16.5. The van der Waals surface area contributed by atoms with Gasteiger partial charge in [-0.1, -0.05) is 0 Å². The van der Waals surface area contributed by atoms with Gasteiger partial charge < -0.3 is 14.9 Å². The predicted molar refractivity (Wildman–Crippen MR) is 62.2 cm³/mol. The van der Waals surface area contributed by atoms with Crippen molar-refractivity contribution in [2.45, 2.75) is 25.9 Å². The van der Waals surface area contributed by atoms with E-state index in [0.717, 1.165) is 50.8 Å². The van der Waals surface area contributed by atoms with E-state index in [0.29, 0.717) is 0 Å². The molecule has 0 bridgehead atoms. The van der Waals surface area contributed by atoms with Crippen LogP contribution in [0.2, 0.25) is 0 Å². The van der Waals surface area contributed by atoms with Crippen molar-refractivity contribution in [3.63, 3.8) is 0 Å².